The number of phenolic OH excluding ortho intramolecular Hbond substituents is 1. The topological polar surface area (TPSA) is 89.7 Å². The second-order valence-corrected chi connectivity index (χ2v) is 2.45. The number of nitro groups is 1. The predicted octanol–water partition coefficient (Wildman–Crippen LogP) is 0.706. The van der Waals surface area contributed by atoms with E-state index in [1.165, 1.54) is 13.2 Å². The van der Waals surface area contributed by atoms with Crippen LogP contribution in [-0.4, -0.2) is 52.7 Å². The summed E-state index contributed by atoms with van der Waals surface area (Å²) in [6, 6.07) is 3.28. The molecule has 0 spiro atoms. The first-order valence-corrected chi connectivity index (χ1v) is 3.62. The standard InChI is InChI=1S/C8H7NO5.Na/c1-14-8(11)5-2-3-7(10)6(4-5)9(12)13;/h2-4,10H,1H3;. The van der Waals surface area contributed by atoms with Crippen LogP contribution < -0.4 is 0 Å². The van der Waals surface area contributed by atoms with E-state index in [0.717, 1.165) is 12.1 Å². The zero-order valence-electron chi connectivity index (χ0n) is 8.26. The molecule has 0 aliphatic rings. The third kappa shape index (κ3) is 3.19. The molecule has 0 atom stereocenters. The minimum atomic E-state index is -0.776. The molecule has 1 radical (unpaired) electrons. The number of nitrogens with zero attached hydrogens (tertiary/aromatic N) is 1. The van der Waals surface area contributed by atoms with E-state index in [1.54, 1.807) is 0 Å². The van der Waals surface area contributed by atoms with Crippen molar-refractivity contribution in [2.45, 2.75) is 0 Å². The molecular formula is C8H7NNaO5. The third-order valence-corrected chi connectivity index (χ3v) is 1.59. The number of ether oxygens (including phenoxy) is 1. The van der Waals surface area contributed by atoms with Crippen molar-refractivity contribution in [3.05, 3.63) is 33.9 Å². The number of rotatable bonds is 2. The van der Waals surface area contributed by atoms with Gasteiger partial charge in [-0.15, -0.1) is 0 Å². The molecule has 0 amide bonds. The Balaban J connectivity index is 0.00000196. The summed E-state index contributed by atoms with van der Waals surface area (Å²) in [6.07, 6.45) is 0. The number of nitro benzene ring substituents is 1. The van der Waals surface area contributed by atoms with Gasteiger partial charge in [-0.3, -0.25) is 10.1 Å². The van der Waals surface area contributed by atoms with Crippen LogP contribution in [0.2, 0.25) is 0 Å². The van der Waals surface area contributed by atoms with Crippen molar-refractivity contribution in [2.24, 2.45) is 0 Å². The van der Waals surface area contributed by atoms with Crippen LogP contribution >= 0.6 is 0 Å². The molecule has 1 aromatic rings. The predicted molar refractivity (Wildman–Crippen MR) is 51.9 cm³/mol. The molecule has 0 aliphatic heterocycles. The molecule has 1 N–H and O–H groups in total. The van der Waals surface area contributed by atoms with Gasteiger partial charge in [-0.05, 0) is 12.1 Å². The first-order valence-electron chi connectivity index (χ1n) is 3.62. The van der Waals surface area contributed by atoms with Gasteiger partial charge in [0.2, 0.25) is 0 Å². The molecule has 15 heavy (non-hydrogen) atoms. The van der Waals surface area contributed by atoms with Crippen molar-refractivity contribution in [1.82, 2.24) is 0 Å². The van der Waals surface area contributed by atoms with Crippen molar-refractivity contribution in [3.63, 3.8) is 0 Å². The van der Waals surface area contributed by atoms with Crippen molar-refractivity contribution < 1.29 is 19.6 Å². The molecule has 0 unspecified atom stereocenters. The van der Waals surface area contributed by atoms with Gasteiger partial charge in [-0.1, -0.05) is 0 Å². The van der Waals surface area contributed by atoms with Gasteiger partial charge in [-0.2, -0.15) is 0 Å². The van der Waals surface area contributed by atoms with Gasteiger partial charge in [-0.25, -0.2) is 4.79 Å². The fourth-order valence-electron chi connectivity index (χ4n) is 0.914. The first kappa shape index (κ1) is 13.9. The van der Waals surface area contributed by atoms with Crippen LogP contribution in [0.3, 0.4) is 0 Å². The van der Waals surface area contributed by atoms with Gasteiger partial charge in [0.25, 0.3) is 0 Å². The number of carbonyl (C=O) groups is 1. The molecular weight excluding hydrogens is 213 g/mol. The summed E-state index contributed by atoms with van der Waals surface area (Å²) in [7, 11) is 1.17. The SMILES string of the molecule is COC(=O)c1ccc(O)c([N+](=O)[O-])c1.[Na]. The number of aromatic hydroxyl groups is 1. The Morgan fingerprint density at radius 1 is 1.53 bits per heavy atom. The fraction of sp³-hybridized carbons (Fsp3) is 0.125. The van der Waals surface area contributed by atoms with E-state index in [1.807, 2.05) is 0 Å². The number of methoxy groups -OCH3 is 1. The largest absolute Gasteiger partial charge is 0.502 e. The zero-order valence-corrected chi connectivity index (χ0v) is 10.3. The molecule has 0 fully saturated rings. The zero-order chi connectivity index (χ0) is 10.7. The van der Waals surface area contributed by atoms with Crippen molar-refractivity contribution >= 4 is 41.2 Å². The molecule has 0 bridgehead atoms. The molecule has 1 aromatic carbocycles. The maximum absolute atomic E-state index is 11.0. The Kier molecular flexibility index (Phi) is 5.27. The average molecular weight is 220 g/mol. The van der Waals surface area contributed by atoms with E-state index in [-0.39, 0.29) is 35.1 Å². The summed E-state index contributed by atoms with van der Waals surface area (Å²) < 4.78 is 4.37. The Bertz CT molecular complexity index is 393. The molecule has 6 nitrogen and oxygen atoms in total. The quantitative estimate of drug-likeness (QED) is 0.343. The van der Waals surface area contributed by atoms with Crippen LogP contribution in [0.4, 0.5) is 5.69 Å². The Labute approximate surface area is 107 Å². The molecule has 0 aromatic heterocycles. The minimum Gasteiger partial charge on any atom is -0.502 e. The van der Waals surface area contributed by atoms with Crippen LogP contribution in [0, 0.1) is 10.1 Å². The normalized spacial score (nSPS) is 8.87. The van der Waals surface area contributed by atoms with Crippen LogP contribution in [0.5, 0.6) is 5.75 Å². The number of hydrogen-bond acceptors (Lipinski definition) is 5. The summed E-state index contributed by atoms with van der Waals surface area (Å²) in [5, 5.41) is 19.4. The third-order valence-electron chi connectivity index (χ3n) is 1.59. The van der Waals surface area contributed by atoms with Gasteiger partial charge >= 0.3 is 11.7 Å². The van der Waals surface area contributed by atoms with Crippen molar-refractivity contribution in [3.8, 4) is 5.75 Å². The molecule has 7 heteroatoms. The number of benzene rings is 1. The molecule has 0 saturated carbocycles. The molecule has 0 aliphatic carbocycles. The molecule has 1 rings (SSSR count). The van der Waals surface area contributed by atoms with Crippen molar-refractivity contribution in [2.75, 3.05) is 7.11 Å². The van der Waals surface area contributed by atoms with E-state index in [9.17, 15) is 14.9 Å². The van der Waals surface area contributed by atoms with Gasteiger partial charge in [0, 0.05) is 35.6 Å². The van der Waals surface area contributed by atoms with Crippen LogP contribution in [0.15, 0.2) is 18.2 Å². The van der Waals surface area contributed by atoms with Gasteiger partial charge in [0.05, 0.1) is 17.6 Å². The minimum absolute atomic E-state index is 0. The molecule has 0 heterocycles. The maximum atomic E-state index is 11.0. The van der Waals surface area contributed by atoms with Crippen LogP contribution in [0.25, 0.3) is 0 Å². The number of carbonyl (C=O) groups excluding carboxylic acids is 1. The van der Waals surface area contributed by atoms with Gasteiger partial charge in [0.1, 0.15) is 0 Å². The molecule has 0 saturated heterocycles. The van der Waals surface area contributed by atoms with E-state index in [4.69, 9.17) is 5.11 Å². The summed E-state index contributed by atoms with van der Waals surface area (Å²) >= 11 is 0. The van der Waals surface area contributed by atoms with Crippen LogP contribution in [-0.2, 0) is 4.74 Å². The maximum Gasteiger partial charge on any atom is 0.338 e. The second kappa shape index (κ2) is 5.69. The van der Waals surface area contributed by atoms with E-state index in [2.05, 4.69) is 4.74 Å². The number of esters is 1. The van der Waals surface area contributed by atoms with Crippen LogP contribution in [0.1, 0.15) is 10.4 Å². The Hall–Kier alpha value is -1.11. The van der Waals surface area contributed by atoms with Crippen molar-refractivity contribution in [1.29, 1.82) is 0 Å². The van der Waals surface area contributed by atoms with Gasteiger partial charge in [0.15, 0.2) is 5.75 Å². The first-order chi connectivity index (χ1) is 6.56. The van der Waals surface area contributed by atoms with Gasteiger partial charge < -0.3 is 9.84 Å². The summed E-state index contributed by atoms with van der Waals surface area (Å²) in [5.41, 5.74) is -0.495. The smallest absolute Gasteiger partial charge is 0.338 e. The van der Waals surface area contributed by atoms with E-state index < -0.39 is 22.3 Å². The average Bonchev–Trinajstić information content (AvgIpc) is 2.17. The Morgan fingerprint density at radius 3 is 2.60 bits per heavy atom. The number of hydrogen-bond donors (Lipinski definition) is 1. The second-order valence-electron chi connectivity index (χ2n) is 2.45. The summed E-state index contributed by atoms with van der Waals surface area (Å²) in [4.78, 5) is 20.6. The fourth-order valence-corrected chi connectivity index (χ4v) is 0.914. The number of phenols is 1. The summed E-state index contributed by atoms with van der Waals surface area (Å²) in [6.45, 7) is 0. The molecule has 75 valence electrons. The summed E-state index contributed by atoms with van der Waals surface area (Å²) in [5.74, 6) is -1.17. The van der Waals surface area contributed by atoms with E-state index in [0.29, 0.717) is 0 Å². The van der Waals surface area contributed by atoms with E-state index >= 15 is 0 Å². The Morgan fingerprint density at radius 2 is 2.13 bits per heavy atom. The monoisotopic (exact) mass is 220 g/mol.